The van der Waals surface area contributed by atoms with E-state index >= 15 is 0 Å². The summed E-state index contributed by atoms with van der Waals surface area (Å²) in [6.07, 6.45) is 3.34. The number of carbonyl (C=O) groups is 1. The van der Waals surface area contributed by atoms with Crippen LogP contribution < -0.4 is 15.8 Å². The lowest BCUT2D eigenvalue weighted by molar-refractivity contribution is -0.125. The Morgan fingerprint density at radius 3 is 2.50 bits per heavy atom. The van der Waals surface area contributed by atoms with Crippen molar-refractivity contribution in [2.75, 3.05) is 24.5 Å². The Kier molecular flexibility index (Phi) is 6.85. The second-order valence-electron chi connectivity index (χ2n) is 7.79. The quantitative estimate of drug-likeness (QED) is 0.618. The van der Waals surface area contributed by atoms with Crippen LogP contribution in [0.1, 0.15) is 18.4 Å². The summed E-state index contributed by atoms with van der Waals surface area (Å²) in [6, 6.07) is 15.7. The number of aromatic nitrogens is 2. The van der Waals surface area contributed by atoms with Gasteiger partial charge in [0.25, 0.3) is 5.56 Å². The summed E-state index contributed by atoms with van der Waals surface area (Å²) >= 11 is 6.40. The molecule has 1 fully saturated rings. The third-order valence-electron chi connectivity index (χ3n) is 5.76. The summed E-state index contributed by atoms with van der Waals surface area (Å²) in [6.45, 7) is 1.59. The minimum absolute atomic E-state index is 0.0234. The molecule has 6 nitrogen and oxygen atoms in total. The molecule has 3 aromatic rings. The van der Waals surface area contributed by atoms with Crippen LogP contribution in [0.5, 0.6) is 0 Å². The van der Waals surface area contributed by atoms with Gasteiger partial charge in [0.05, 0.1) is 17.6 Å². The van der Waals surface area contributed by atoms with Crippen LogP contribution in [0.15, 0.2) is 65.6 Å². The highest BCUT2D eigenvalue weighted by atomic mass is 35.5. The average Bonchev–Trinajstić information content (AvgIpc) is 2.82. The molecule has 0 unspecified atom stereocenters. The van der Waals surface area contributed by atoms with Gasteiger partial charge in [-0.1, -0.05) is 48.0 Å². The molecule has 166 valence electrons. The highest BCUT2D eigenvalue weighted by Crippen LogP contribution is 2.27. The molecular weight excluding hydrogens is 431 g/mol. The van der Waals surface area contributed by atoms with Gasteiger partial charge in [-0.25, -0.2) is 4.39 Å². The van der Waals surface area contributed by atoms with Gasteiger partial charge in [0.15, 0.2) is 0 Å². The van der Waals surface area contributed by atoms with Crippen LogP contribution in [0.3, 0.4) is 0 Å². The van der Waals surface area contributed by atoms with Gasteiger partial charge in [-0.3, -0.25) is 9.59 Å². The van der Waals surface area contributed by atoms with E-state index in [2.05, 4.69) is 10.4 Å². The Hall–Kier alpha value is -3.19. The molecule has 0 saturated carbocycles. The third-order valence-corrected chi connectivity index (χ3v) is 6.11. The van der Waals surface area contributed by atoms with E-state index in [4.69, 9.17) is 11.6 Å². The van der Waals surface area contributed by atoms with Gasteiger partial charge < -0.3 is 10.2 Å². The van der Waals surface area contributed by atoms with Gasteiger partial charge in [-0.2, -0.15) is 9.78 Å². The second kappa shape index (κ2) is 9.96. The molecule has 1 amide bonds. The zero-order valence-corrected chi connectivity index (χ0v) is 18.3. The molecule has 4 rings (SSSR count). The summed E-state index contributed by atoms with van der Waals surface area (Å²) in [5.74, 6) is -0.400. The first-order valence-corrected chi connectivity index (χ1v) is 11.0. The van der Waals surface area contributed by atoms with Crippen LogP contribution in [-0.4, -0.2) is 35.3 Å². The van der Waals surface area contributed by atoms with Crippen molar-refractivity contribution in [2.24, 2.45) is 5.92 Å². The summed E-state index contributed by atoms with van der Waals surface area (Å²) in [7, 11) is 0. The summed E-state index contributed by atoms with van der Waals surface area (Å²) in [5.41, 5.74) is 1.46. The summed E-state index contributed by atoms with van der Waals surface area (Å²) in [5, 5.41) is 7.32. The smallest absolute Gasteiger partial charge is 0.292 e. The molecule has 2 aromatic carbocycles. The predicted molar refractivity (Wildman–Crippen MR) is 123 cm³/mol. The van der Waals surface area contributed by atoms with E-state index in [1.807, 2.05) is 23.1 Å². The van der Waals surface area contributed by atoms with Crippen LogP contribution >= 0.6 is 11.6 Å². The fourth-order valence-electron chi connectivity index (χ4n) is 3.95. The predicted octanol–water partition coefficient (Wildman–Crippen LogP) is 3.60. The minimum Gasteiger partial charge on any atom is -0.369 e. The maximum atomic E-state index is 13.7. The molecule has 1 aliphatic rings. The fourth-order valence-corrected chi connectivity index (χ4v) is 4.19. The number of hydrogen-bond acceptors (Lipinski definition) is 4. The SMILES string of the molecule is O=C(NCCc1ccccc1F)C1CCN(c2cnn(-c3ccccc3)c(=O)c2Cl)CC1. The third kappa shape index (κ3) is 4.83. The first-order valence-electron chi connectivity index (χ1n) is 10.6. The van der Waals surface area contributed by atoms with Crippen molar-refractivity contribution >= 4 is 23.2 Å². The van der Waals surface area contributed by atoms with Crippen molar-refractivity contribution < 1.29 is 9.18 Å². The summed E-state index contributed by atoms with van der Waals surface area (Å²) in [4.78, 5) is 27.2. The molecule has 0 bridgehead atoms. The van der Waals surface area contributed by atoms with E-state index in [9.17, 15) is 14.0 Å². The highest BCUT2D eigenvalue weighted by Gasteiger charge is 2.27. The largest absolute Gasteiger partial charge is 0.369 e. The van der Waals surface area contributed by atoms with E-state index in [0.29, 0.717) is 55.8 Å². The number of hydrogen-bond donors (Lipinski definition) is 1. The van der Waals surface area contributed by atoms with Crippen LogP contribution in [0.2, 0.25) is 5.02 Å². The molecule has 0 spiro atoms. The Morgan fingerprint density at radius 1 is 1.09 bits per heavy atom. The van der Waals surface area contributed by atoms with Crippen molar-refractivity contribution in [1.82, 2.24) is 15.1 Å². The number of benzene rings is 2. The van der Waals surface area contributed by atoms with Crippen molar-refractivity contribution in [3.63, 3.8) is 0 Å². The van der Waals surface area contributed by atoms with Gasteiger partial charge in [-0.15, -0.1) is 0 Å². The molecule has 8 heteroatoms. The molecular formula is C24H24ClFN4O2. The minimum atomic E-state index is -0.372. The lowest BCUT2D eigenvalue weighted by atomic mass is 9.95. The maximum absolute atomic E-state index is 13.7. The van der Waals surface area contributed by atoms with Gasteiger partial charge in [0, 0.05) is 25.6 Å². The lowest BCUT2D eigenvalue weighted by Crippen LogP contribution is -2.41. The fraction of sp³-hybridized carbons (Fsp3) is 0.292. The zero-order valence-electron chi connectivity index (χ0n) is 17.5. The average molecular weight is 455 g/mol. The van der Waals surface area contributed by atoms with E-state index in [1.54, 1.807) is 36.5 Å². The van der Waals surface area contributed by atoms with Crippen LogP contribution in [-0.2, 0) is 11.2 Å². The molecule has 1 aliphatic heterocycles. The van der Waals surface area contributed by atoms with Crippen molar-refractivity contribution in [3.05, 3.63) is 87.6 Å². The molecule has 0 atom stereocenters. The van der Waals surface area contributed by atoms with Crippen molar-refractivity contribution in [2.45, 2.75) is 19.3 Å². The topological polar surface area (TPSA) is 67.2 Å². The number of carbonyl (C=O) groups excluding carboxylic acids is 1. The monoisotopic (exact) mass is 454 g/mol. The Labute approximate surface area is 190 Å². The molecule has 0 aliphatic carbocycles. The Morgan fingerprint density at radius 2 is 1.78 bits per heavy atom. The number of anilines is 1. The number of nitrogens with one attached hydrogen (secondary N) is 1. The van der Waals surface area contributed by atoms with Crippen LogP contribution in [0.25, 0.3) is 5.69 Å². The highest BCUT2D eigenvalue weighted by molar-refractivity contribution is 6.33. The van der Waals surface area contributed by atoms with E-state index < -0.39 is 0 Å². The normalized spacial score (nSPS) is 14.4. The number of nitrogens with zero attached hydrogens (tertiary/aromatic N) is 3. The second-order valence-corrected chi connectivity index (χ2v) is 8.17. The van der Waals surface area contributed by atoms with E-state index in [-0.39, 0.29) is 28.2 Å². The van der Waals surface area contributed by atoms with Gasteiger partial charge in [0.1, 0.15) is 10.8 Å². The zero-order chi connectivity index (χ0) is 22.5. The van der Waals surface area contributed by atoms with Crippen molar-refractivity contribution in [3.8, 4) is 5.69 Å². The lowest BCUT2D eigenvalue weighted by Gasteiger charge is -2.33. The Bertz CT molecular complexity index is 1140. The number of piperidine rings is 1. The molecule has 1 saturated heterocycles. The molecule has 1 N–H and O–H groups in total. The van der Waals surface area contributed by atoms with E-state index in [0.717, 1.165) is 0 Å². The molecule has 32 heavy (non-hydrogen) atoms. The van der Waals surface area contributed by atoms with Gasteiger partial charge in [-0.05, 0) is 43.0 Å². The standard InChI is InChI=1S/C24H24ClFN4O2/c25-22-21(16-28-30(24(22)32)19-7-2-1-3-8-19)29-14-11-18(12-15-29)23(31)27-13-10-17-6-4-5-9-20(17)26/h1-9,16,18H,10-15H2,(H,27,31). The number of para-hydroxylation sites is 1. The molecule has 1 aromatic heterocycles. The Balaban J connectivity index is 1.33. The summed E-state index contributed by atoms with van der Waals surface area (Å²) < 4.78 is 15.0. The van der Waals surface area contributed by atoms with E-state index in [1.165, 1.54) is 10.7 Å². The molecule has 2 heterocycles. The first-order chi connectivity index (χ1) is 15.5. The number of halogens is 2. The number of amides is 1. The first kappa shape index (κ1) is 22.0. The van der Waals surface area contributed by atoms with Crippen LogP contribution in [0, 0.1) is 11.7 Å². The van der Waals surface area contributed by atoms with Crippen molar-refractivity contribution in [1.29, 1.82) is 0 Å². The number of rotatable bonds is 6. The van der Waals surface area contributed by atoms with Gasteiger partial charge in [0.2, 0.25) is 5.91 Å². The van der Waals surface area contributed by atoms with Gasteiger partial charge >= 0.3 is 0 Å². The van der Waals surface area contributed by atoms with Crippen LogP contribution in [0.4, 0.5) is 10.1 Å². The molecule has 0 radical (unpaired) electrons. The maximum Gasteiger partial charge on any atom is 0.292 e.